The van der Waals surface area contributed by atoms with Crippen molar-refractivity contribution in [3.63, 3.8) is 0 Å². The monoisotopic (exact) mass is 315 g/mol. The number of thioether (sulfide) groups is 1. The van der Waals surface area contributed by atoms with Gasteiger partial charge in [-0.2, -0.15) is 0 Å². The van der Waals surface area contributed by atoms with Crippen molar-refractivity contribution in [3.05, 3.63) is 64.5 Å². The Labute approximate surface area is 130 Å². The van der Waals surface area contributed by atoms with Crippen molar-refractivity contribution < 1.29 is 9.66 Å². The van der Waals surface area contributed by atoms with E-state index in [1.807, 2.05) is 28.8 Å². The standard InChI is InChI=1S/C15H13N3O3S/c1-21-14-6-5-12(18(19)20)8-11(14)10-22-15-16-9-13-4-2-3-7-17(13)15/h2-9H,10H2,1H3. The van der Waals surface area contributed by atoms with Gasteiger partial charge >= 0.3 is 0 Å². The molecule has 0 saturated heterocycles. The smallest absolute Gasteiger partial charge is 0.270 e. The van der Waals surface area contributed by atoms with Crippen LogP contribution in [-0.2, 0) is 5.75 Å². The molecule has 3 aromatic rings. The fourth-order valence-electron chi connectivity index (χ4n) is 2.16. The van der Waals surface area contributed by atoms with E-state index >= 15 is 0 Å². The molecule has 0 N–H and O–H groups in total. The molecule has 0 fully saturated rings. The fraction of sp³-hybridized carbons (Fsp3) is 0.133. The van der Waals surface area contributed by atoms with Crippen LogP contribution in [0.15, 0.2) is 53.9 Å². The summed E-state index contributed by atoms with van der Waals surface area (Å²) in [6, 6.07) is 10.5. The number of pyridine rings is 1. The highest BCUT2D eigenvalue weighted by Crippen LogP contribution is 2.30. The zero-order valence-electron chi connectivity index (χ0n) is 11.8. The molecule has 0 atom stereocenters. The van der Waals surface area contributed by atoms with Gasteiger partial charge in [-0.15, -0.1) is 0 Å². The Hall–Kier alpha value is -2.54. The van der Waals surface area contributed by atoms with Crippen molar-refractivity contribution >= 4 is 23.0 Å². The van der Waals surface area contributed by atoms with E-state index in [9.17, 15) is 10.1 Å². The fourth-order valence-corrected chi connectivity index (χ4v) is 3.10. The summed E-state index contributed by atoms with van der Waals surface area (Å²) in [5, 5.41) is 11.7. The first-order chi connectivity index (χ1) is 10.7. The Morgan fingerprint density at radius 2 is 2.23 bits per heavy atom. The lowest BCUT2D eigenvalue weighted by Crippen LogP contribution is -1.95. The van der Waals surface area contributed by atoms with Crippen LogP contribution in [-0.4, -0.2) is 21.4 Å². The van der Waals surface area contributed by atoms with Gasteiger partial charge in [0.1, 0.15) is 5.75 Å². The van der Waals surface area contributed by atoms with Crippen LogP contribution in [0.25, 0.3) is 5.52 Å². The highest BCUT2D eigenvalue weighted by molar-refractivity contribution is 7.98. The number of fused-ring (bicyclic) bond motifs is 1. The molecule has 0 aliphatic rings. The van der Waals surface area contributed by atoms with E-state index in [1.54, 1.807) is 25.4 Å². The molecule has 1 aromatic carbocycles. The topological polar surface area (TPSA) is 69.7 Å². The number of nitro benzene ring substituents is 1. The first-order valence-electron chi connectivity index (χ1n) is 6.55. The maximum Gasteiger partial charge on any atom is 0.270 e. The molecule has 2 aromatic heterocycles. The van der Waals surface area contributed by atoms with E-state index in [2.05, 4.69) is 4.98 Å². The molecule has 0 aliphatic carbocycles. The van der Waals surface area contributed by atoms with E-state index in [0.717, 1.165) is 16.2 Å². The number of rotatable bonds is 5. The van der Waals surface area contributed by atoms with Crippen LogP contribution in [0.4, 0.5) is 5.69 Å². The average molecular weight is 315 g/mol. The van der Waals surface area contributed by atoms with Crippen molar-refractivity contribution in [2.75, 3.05) is 7.11 Å². The molecule has 3 rings (SSSR count). The maximum atomic E-state index is 10.9. The Balaban J connectivity index is 1.86. The van der Waals surface area contributed by atoms with Gasteiger partial charge in [0.15, 0.2) is 5.16 Å². The molecule has 0 amide bonds. The number of benzene rings is 1. The average Bonchev–Trinajstić information content (AvgIpc) is 2.95. The lowest BCUT2D eigenvalue weighted by molar-refractivity contribution is -0.384. The Bertz CT molecular complexity index is 832. The molecule has 0 saturated carbocycles. The van der Waals surface area contributed by atoms with E-state index in [1.165, 1.54) is 17.8 Å². The highest BCUT2D eigenvalue weighted by atomic mass is 32.2. The second kappa shape index (κ2) is 6.07. The second-order valence-electron chi connectivity index (χ2n) is 4.58. The number of hydrogen-bond acceptors (Lipinski definition) is 5. The van der Waals surface area contributed by atoms with Crippen LogP contribution < -0.4 is 4.74 Å². The van der Waals surface area contributed by atoms with Crippen LogP contribution >= 0.6 is 11.8 Å². The predicted molar refractivity (Wildman–Crippen MR) is 84.4 cm³/mol. The summed E-state index contributed by atoms with van der Waals surface area (Å²) in [5.74, 6) is 1.18. The number of methoxy groups -OCH3 is 1. The van der Waals surface area contributed by atoms with Crippen molar-refractivity contribution in [1.82, 2.24) is 9.38 Å². The van der Waals surface area contributed by atoms with Crippen LogP contribution in [0.5, 0.6) is 5.75 Å². The van der Waals surface area contributed by atoms with Crippen molar-refractivity contribution in [1.29, 1.82) is 0 Å². The zero-order valence-corrected chi connectivity index (χ0v) is 12.6. The summed E-state index contributed by atoms with van der Waals surface area (Å²) >= 11 is 1.51. The normalized spacial score (nSPS) is 10.8. The minimum atomic E-state index is -0.404. The maximum absolute atomic E-state index is 10.9. The first-order valence-corrected chi connectivity index (χ1v) is 7.54. The van der Waals surface area contributed by atoms with Gasteiger partial charge in [0.2, 0.25) is 0 Å². The van der Waals surface area contributed by atoms with Gasteiger partial charge in [0.25, 0.3) is 5.69 Å². The second-order valence-corrected chi connectivity index (χ2v) is 5.52. The number of aromatic nitrogens is 2. The van der Waals surface area contributed by atoms with E-state index in [-0.39, 0.29) is 5.69 Å². The molecular weight excluding hydrogens is 302 g/mol. The summed E-state index contributed by atoms with van der Waals surface area (Å²) in [7, 11) is 1.56. The van der Waals surface area contributed by atoms with Crippen LogP contribution in [0.3, 0.4) is 0 Å². The number of non-ortho nitro benzene ring substituents is 1. The summed E-state index contributed by atoms with van der Waals surface area (Å²) in [5.41, 5.74) is 1.84. The van der Waals surface area contributed by atoms with E-state index < -0.39 is 4.92 Å². The molecule has 0 spiro atoms. The summed E-state index contributed by atoms with van der Waals surface area (Å²) in [6.45, 7) is 0. The van der Waals surface area contributed by atoms with Gasteiger partial charge < -0.3 is 4.74 Å². The lowest BCUT2D eigenvalue weighted by Gasteiger charge is -2.07. The quantitative estimate of drug-likeness (QED) is 0.409. The van der Waals surface area contributed by atoms with Gasteiger partial charge in [-0.3, -0.25) is 14.5 Å². The van der Waals surface area contributed by atoms with E-state index in [0.29, 0.717) is 11.5 Å². The van der Waals surface area contributed by atoms with Crippen LogP contribution in [0.2, 0.25) is 0 Å². The minimum absolute atomic E-state index is 0.0596. The molecule has 2 heterocycles. The van der Waals surface area contributed by atoms with Gasteiger partial charge in [0, 0.05) is 29.6 Å². The predicted octanol–water partition coefficient (Wildman–Crippen LogP) is 3.54. The molecular formula is C15H13N3O3S. The largest absolute Gasteiger partial charge is 0.496 e. The third kappa shape index (κ3) is 2.75. The lowest BCUT2D eigenvalue weighted by atomic mass is 10.2. The molecule has 6 nitrogen and oxygen atoms in total. The van der Waals surface area contributed by atoms with Gasteiger partial charge in [-0.25, -0.2) is 4.98 Å². The van der Waals surface area contributed by atoms with Gasteiger partial charge in [-0.05, 0) is 18.2 Å². The molecule has 0 unspecified atom stereocenters. The number of hydrogen-bond donors (Lipinski definition) is 0. The molecule has 112 valence electrons. The van der Waals surface area contributed by atoms with Crippen LogP contribution in [0.1, 0.15) is 5.56 Å². The number of nitrogens with zero attached hydrogens (tertiary/aromatic N) is 3. The SMILES string of the molecule is COc1ccc([N+](=O)[O-])cc1CSc1ncc2ccccn12. The molecule has 0 bridgehead atoms. The number of nitro groups is 1. The van der Waals surface area contributed by atoms with Crippen LogP contribution in [0, 0.1) is 10.1 Å². The highest BCUT2D eigenvalue weighted by Gasteiger charge is 2.13. The van der Waals surface area contributed by atoms with Gasteiger partial charge in [-0.1, -0.05) is 17.8 Å². The number of ether oxygens (including phenoxy) is 1. The zero-order chi connectivity index (χ0) is 15.5. The van der Waals surface area contributed by atoms with E-state index in [4.69, 9.17) is 4.74 Å². The minimum Gasteiger partial charge on any atom is -0.496 e. The first kappa shape index (κ1) is 14.4. The van der Waals surface area contributed by atoms with Crippen molar-refractivity contribution in [3.8, 4) is 5.75 Å². The van der Waals surface area contributed by atoms with Gasteiger partial charge in [0.05, 0.1) is 23.7 Å². The summed E-state index contributed by atoms with van der Waals surface area (Å²) < 4.78 is 7.25. The Morgan fingerprint density at radius 3 is 3.00 bits per heavy atom. The number of imidazole rings is 1. The molecule has 22 heavy (non-hydrogen) atoms. The molecule has 0 aliphatic heterocycles. The summed E-state index contributed by atoms with van der Waals surface area (Å²) in [4.78, 5) is 14.9. The Kier molecular flexibility index (Phi) is 3.97. The Morgan fingerprint density at radius 1 is 1.36 bits per heavy atom. The third-order valence-corrected chi connectivity index (χ3v) is 4.25. The van der Waals surface area contributed by atoms with Crippen molar-refractivity contribution in [2.45, 2.75) is 10.9 Å². The molecule has 0 radical (unpaired) electrons. The molecule has 7 heteroatoms. The summed E-state index contributed by atoms with van der Waals surface area (Å²) in [6.07, 6.45) is 3.74. The third-order valence-electron chi connectivity index (χ3n) is 3.24. The van der Waals surface area contributed by atoms with Crippen molar-refractivity contribution in [2.24, 2.45) is 0 Å².